The number of benzene rings is 1. The Balaban J connectivity index is 1.91. The Bertz CT molecular complexity index is 618. The maximum atomic E-state index is 11.9. The number of aromatic nitrogens is 1. The van der Waals surface area contributed by atoms with Crippen molar-refractivity contribution in [3.8, 4) is 0 Å². The van der Waals surface area contributed by atoms with E-state index in [1.54, 1.807) is 7.05 Å². The van der Waals surface area contributed by atoms with Crippen LogP contribution in [0.1, 0.15) is 12.8 Å². The van der Waals surface area contributed by atoms with Crippen molar-refractivity contribution in [1.29, 1.82) is 0 Å². The zero-order chi connectivity index (χ0) is 14.5. The van der Waals surface area contributed by atoms with Gasteiger partial charge < -0.3 is 14.6 Å². The van der Waals surface area contributed by atoms with E-state index < -0.39 is 5.97 Å². The SMILES string of the molecule is CN(CCC(=O)O)C(=O)CCn1ccc2ccccc21. The Morgan fingerprint density at radius 3 is 2.70 bits per heavy atom. The molecule has 20 heavy (non-hydrogen) atoms. The van der Waals surface area contributed by atoms with Crippen LogP contribution in [0, 0.1) is 0 Å². The number of hydrogen-bond donors (Lipinski definition) is 1. The second-order valence-corrected chi connectivity index (χ2v) is 4.78. The average Bonchev–Trinajstić information content (AvgIpc) is 2.85. The van der Waals surface area contributed by atoms with Gasteiger partial charge in [-0.15, -0.1) is 0 Å². The summed E-state index contributed by atoms with van der Waals surface area (Å²) in [5.74, 6) is -0.926. The van der Waals surface area contributed by atoms with E-state index in [9.17, 15) is 9.59 Å². The molecule has 0 spiro atoms. The second kappa shape index (κ2) is 6.23. The molecule has 1 amide bonds. The van der Waals surface area contributed by atoms with E-state index in [2.05, 4.69) is 0 Å². The van der Waals surface area contributed by atoms with Crippen LogP contribution in [0.15, 0.2) is 36.5 Å². The molecular formula is C15H18N2O3. The molecular weight excluding hydrogens is 256 g/mol. The van der Waals surface area contributed by atoms with Gasteiger partial charge in [-0.25, -0.2) is 0 Å². The Kier molecular flexibility index (Phi) is 4.40. The van der Waals surface area contributed by atoms with Crippen LogP contribution in [-0.4, -0.2) is 40.0 Å². The summed E-state index contributed by atoms with van der Waals surface area (Å²) in [6.45, 7) is 0.852. The molecule has 5 heteroatoms. The van der Waals surface area contributed by atoms with Gasteiger partial charge in [-0.05, 0) is 17.5 Å². The van der Waals surface area contributed by atoms with E-state index in [1.807, 2.05) is 41.1 Å². The summed E-state index contributed by atoms with van der Waals surface area (Å²) in [7, 11) is 1.64. The first-order valence-corrected chi connectivity index (χ1v) is 6.57. The van der Waals surface area contributed by atoms with Gasteiger partial charge in [-0.1, -0.05) is 18.2 Å². The van der Waals surface area contributed by atoms with Crippen LogP contribution in [0.2, 0.25) is 0 Å². The molecule has 0 aliphatic heterocycles. The molecule has 1 aromatic carbocycles. The van der Waals surface area contributed by atoms with Crippen LogP contribution in [0.5, 0.6) is 0 Å². The number of hydrogen-bond acceptors (Lipinski definition) is 2. The summed E-state index contributed by atoms with van der Waals surface area (Å²) in [6, 6.07) is 10.0. The van der Waals surface area contributed by atoms with E-state index >= 15 is 0 Å². The lowest BCUT2D eigenvalue weighted by Crippen LogP contribution is -2.29. The third-order valence-electron chi connectivity index (χ3n) is 3.33. The summed E-state index contributed by atoms with van der Waals surface area (Å²) in [6.07, 6.45) is 2.32. The second-order valence-electron chi connectivity index (χ2n) is 4.78. The number of amides is 1. The molecule has 0 atom stereocenters. The standard InChI is InChI=1S/C15H18N2O3/c1-16(9-8-15(19)20)14(18)7-11-17-10-6-12-4-2-3-5-13(12)17/h2-6,10H,7-9,11H2,1H3,(H,19,20). The third kappa shape index (κ3) is 3.38. The number of para-hydroxylation sites is 1. The van der Waals surface area contributed by atoms with Crippen LogP contribution < -0.4 is 0 Å². The largest absolute Gasteiger partial charge is 0.481 e. The zero-order valence-corrected chi connectivity index (χ0v) is 11.5. The highest BCUT2D eigenvalue weighted by Crippen LogP contribution is 2.15. The lowest BCUT2D eigenvalue weighted by Gasteiger charge is -2.16. The van der Waals surface area contributed by atoms with Crippen molar-refractivity contribution in [2.75, 3.05) is 13.6 Å². The van der Waals surface area contributed by atoms with Gasteiger partial charge in [0, 0.05) is 38.3 Å². The van der Waals surface area contributed by atoms with E-state index in [0.29, 0.717) is 13.0 Å². The smallest absolute Gasteiger partial charge is 0.305 e. The quantitative estimate of drug-likeness (QED) is 0.876. The third-order valence-corrected chi connectivity index (χ3v) is 3.33. The molecule has 0 unspecified atom stereocenters. The minimum atomic E-state index is -0.888. The van der Waals surface area contributed by atoms with Gasteiger partial charge in [0.25, 0.3) is 0 Å². The summed E-state index contributed by atoms with van der Waals surface area (Å²) < 4.78 is 2.04. The van der Waals surface area contributed by atoms with E-state index in [-0.39, 0.29) is 18.9 Å². The van der Waals surface area contributed by atoms with Crippen LogP contribution >= 0.6 is 0 Å². The van der Waals surface area contributed by atoms with Crippen molar-refractivity contribution in [1.82, 2.24) is 9.47 Å². The molecule has 2 aromatic rings. The Morgan fingerprint density at radius 1 is 1.20 bits per heavy atom. The van der Waals surface area contributed by atoms with Gasteiger partial charge in [-0.3, -0.25) is 9.59 Å². The van der Waals surface area contributed by atoms with Gasteiger partial charge in [0.05, 0.1) is 6.42 Å². The molecule has 5 nitrogen and oxygen atoms in total. The van der Waals surface area contributed by atoms with E-state index in [4.69, 9.17) is 5.11 Å². The van der Waals surface area contributed by atoms with Crippen LogP contribution in [0.25, 0.3) is 10.9 Å². The van der Waals surface area contributed by atoms with Crippen LogP contribution in [0.4, 0.5) is 0 Å². The normalized spacial score (nSPS) is 10.7. The van der Waals surface area contributed by atoms with Gasteiger partial charge in [0.2, 0.25) is 5.91 Å². The molecule has 0 saturated heterocycles. The number of carbonyl (C=O) groups is 2. The van der Waals surface area contributed by atoms with Crippen molar-refractivity contribution in [2.24, 2.45) is 0 Å². The monoisotopic (exact) mass is 274 g/mol. The highest BCUT2D eigenvalue weighted by Gasteiger charge is 2.10. The predicted molar refractivity (Wildman–Crippen MR) is 76.4 cm³/mol. The fourth-order valence-corrected chi connectivity index (χ4v) is 2.13. The molecule has 0 saturated carbocycles. The number of nitrogens with zero attached hydrogens (tertiary/aromatic N) is 2. The Hall–Kier alpha value is -2.30. The summed E-state index contributed by atoms with van der Waals surface area (Å²) in [5, 5.41) is 9.75. The molecule has 1 N–H and O–H groups in total. The topological polar surface area (TPSA) is 62.5 Å². The highest BCUT2D eigenvalue weighted by molar-refractivity contribution is 5.80. The summed E-state index contributed by atoms with van der Waals surface area (Å²) in [4.78, 5) is 23.9. The average molecular weight is 274 g/mol. The maximum absolute atomic E-state index is 11.9. The first-order chi connectivity index (χ1) is 9.58. The minimum Gasteiger partial charge on any atom is -0.481 e. The number of rotatable bonds is 6. The minimum absolute atomic E-state index is 0.0192. The lowest BCUT2D eigenvalue weighted by molar-refractivity contribution is -0.138. The molecule has 0 bridgehead atoms. The lowest BCUT2D eigenvalue weighted by atomic mass is 10.2. The molecule has 1 heterocycles. The van der Waals surface area contributed by atoms with Crippen molar-refractivity contribution in [3.63, 3.8) is 0 Å². The van der Waals surface area contributed by atoms with Crippen molar-refractivity contribution in [3.05, 3.63) is 36.5 Å². The Morgan fingerprint density at radius 2 is 1.95 bits per heavy atom. The number of aryl methyl sites for hydroxylation is 1. The first-order valence-electron chi connectivity index (χ1n) is 6.57. The molecule has 0 aliphatic rings. The summed E-state index contributed by atoms with van der Waals surface area (Å²) >= 11 is 0. The maximum Gasteiger partial charge on any atom is 0.305 e. The zero-order valence-electron chi connectivity index (χ0n) is 11.5. The fourth-order valence-electron chi connectivity index (χ4n) is 2.13. The number of aliphatic carboxylic acids is 1. The molecule has 0 fully saturated rings. The molecule has 106 valence electrons. The predicted octanol–water partition coefficient (Wildman–Crippen LogP) is 1.96. The van der Waals surface area contributed by atoms with Gasteiger partial charge in [0.1, 0.15) is 0 Å². The number of fused-ring (bicyclic) bond motifs is 1. The van der Waals surface area contributed by atoms with Crippen LogP contribution in [-0.2, 0) is 16.1 Å². The van der Waals surface area contributed by atoms with E-state index in [1.165, 1.54) is 4.90 Å². The van der Waals surface area contributed by atoms with Crippen LogP contribution in [0.3, 0.4) is 0 Å². The number of carboxylic acids is 1. The first kappa shape index (κ1) is 14.1. The number of carboxylic acid groups (broad SMARTS) is 1. The van der Waals surface area contributed by atoms with Crippen molar-refractivity contribution in [2.45, 2.75) is 19.4 Å². The number of carbonyl (C=O) groups excluding carboxylic acids is 1. The van der Waals surface area contributed by atoms with Crippen molar-refractivity contribution < 1.29 is 14.7 Å². The molecule has 0 radical (unpaired) electrons. The Labute approximate surface area is 117 Å². The van der Waals surface area contributed by atoms with Gasteiger partial charge >= 0.3 is 5.97 Å². The molecule has 2 rings (SSSR count). The van der Waals surface area contributed by atoms with Gasteiger partial charge in [0.15, 0.2) is 0 Å². The molecule has 1 aromatic heterocycles. The molecule has 0 aliphatic carbocycles. The van der Waals surface area contributed by atoms with Gasteiger partial charge in [-0.2, -0.15) is 0 Å². The highest BCUT2D eigenvalue weighted by atomic mass is 16.4. The summed E-state index contributed by atoms with van der Waals surface area (Å²) in [5.41, 5.74) is 1.11. The van der Waals surface area contributed by atoms with E-state index in [0.717, 1.165) is 10.9 Å². The fraction of sp³-hybridized carbons (Fsp3) is 0.333. The van der Waals surface area contributed by atoms with Crippen molar-refractivity contribution >= 4 is 22.8 Å².